The van der Waals surface area contributed by atoms with Crippen molar-refractivity contribution in [3.63, 3.8) is 0 Å². The summed E-state index contributed by atoms with van der Waals surface area (Å²) in [5.41, 5.74) is 5.45. The summed E-state index contributed by atoms with van der Waals surface area (Å²) in [4.78, 5) is 0. The van der Waals surface area contributed by atoms with Crippen molar-refractivity contribution >= 4 is 0 Å². The van der Waals surface area contributed by atoms with Crippen LogP contribution in [0.5, 0.6) is 0 Å². The Hall–Kier alpha value is -0.880. The SMILES string of the molecule is NCCCCO[C@@H]1OC(CO)[C@@H](O[C@H]2OC(CO)[C@H](O[C@H]3OC(CO)[C@@H](O[C@@H]4OC(CO)[C@@H](O)C(O)[C@@H]4O)[C@H](O)C3O)[C@H](O)C2O)C(O)[C@@H]1O. The number of unbranched alkanes of at least 4 members (excludes halogenated alkanes) is 1. The Bertz CT molecular complexity index is 997. The molecule has 4 rings (SSSR count). The Labute approximate surface area is 285 Å². The summed E-state index contributed by atoms with van der Waals surface area (Å²) >= 11 is 0. The average molecular weight is 738 g/mol. The Morgan fingerprint density at radius 2 is 0.740 bits per heavy atom. The van der Waals surface area contributed by atoms with Crippen LogP contribution >= 0.6 is 0 Å². The van der Waals surface area contributed by atoms with Gasteiger partial charge in [0.2, 0.25) is 0 Å². The molecule has 4 saturated heterocycles. The fourth-order valence-electron chi connectivity index (χ4n) is 6.11. The highest BCUT2D eigenvalue weighted by atomic mass is 16.8. The lowest BCUT2D eigenvalue weighted by molar-refractivity contribution is -0.388. The van der Waals surface area contributed by atoms with E-state index in [9.17, 15) is 66.4 Å². The molecule has 8 unspecified atom stereocenters. The van der Waals surface area contributed by atoms with E-state index in [4.69, 9.17) is 43.6 Å². The largest absolute Gasteiger partial charge is 0.394 e. The maximum absolute atomic E-state index is 11.0. The van der Waals surface area contributed by atoms with Gasteiger partial charge in [-0.25, -0.2) is 0 Å². The van der Waals surface area contributed by atoms with Crippen LogP contribution in [-0.4, -0.2) is 229 Å². The van der Waals surface area contributed by atoms with Crippen LogP contribution in [0.4, 0.5) is 0 Å². The van der Waals surface area contributed by atoms with Gasteiger partial charge in [0.05, 0.1) is 26.4 Å². The van der Waals surface area contributed by atoms with E-state index >= 15 is 0 Å². The predicted octanol–water partition coefficient (Wildman–Crippen LogP) is -8.99. The van der Waals surface area contributed by atoms with Crippen molar-refractivity contribution in [2.75, 3.05) is 39.6 Å². The lowest BCUT2D eigenvalue weighted by atomic mass is 9.95. The van der Waals surface area contributed by atoms with E-state index in [2.05, 4.69) is 0 Å². The topological polar surface area (TPSA) is 363 Å². The molecule has 15 N–H and O–H groups in total. The number of ether oxygens (including phenoxy) is 8. The number of nitrogens with two attached hydrogens (primary N) is 1. The molecular weight excluding hydrogens is 686 g/mol. The summed E-state index contributed by atoms with van der Waals surface area (Å²) in [5, 5.41) is 135. The minimum absolute atomic E-state index is 0.132. The van der Waals surface area contributed by atoms with Gasteiger partial charge in [0.25, 0.3) is 0 Å². The van der Waals surface area contributed by atoms with Crippen molar-refractivity contribution in [1.29, 1.82) is 0 Å². The van der Waals surface area contributed by atoms with E-state index < -0.39 is 149 Å². The van der Waals surface area contributed by atoms with Crippen LogP contribution in [0, 0.1) is 0 Å². The van der Waals surface area contributed by atoms with Gasteiger partial charge >= 0.3 is 0 Å². The van der Waals surface area contributed by atoms with Gasteiger partial charge in [-0.1, -0.05) is 0 Å². The molecule has 0 aromatic carbocycles. The lowest BCUT2D eigenvalue weighted by Crippen LogP contribution is -2.67. The molecular formula is C28H51NO21. The van der Waals surface area contributed by atoms with Crippen molar-refractivity contribution in [2.24, 2.45) is 5.73 Å². The van der Waals surface area contributed by atoms with Gasteiger partial charge in [-0.05, 0) is 19.4 Å². The van der Waals surface area contributed by atoms with Gasteiger partial charge in [-0.2, -0.15) is 0 Å². The number of aliphatic hydroxyl groups excluding tert-OH is 13. The second-order valence-electron chi connectivity index (χ2n) is 12.5. The molecule has 4 heterocycles. The molecule has 0 saturated carbocycles. The summed E-state index contributed by atoms with van der Waals surface area (Å²) in [6, 6.07) is 0. The lowest BCUT2D eigenvalue weighted by Gasteiger charge is -2.49. The number of hydrogen-bond acceptors (Lipinski definition) is 22. The molecule has 294 valence electrons. The van der Waals surface area contributed by atoms with Gasteiger partial charge in [-0.15, -0.1) is 0 Å². The molecule has 4 fully saturated rings. The van der Waals surface area contributed by atoms with Crippen molar-refractivity contribution in [2.45, 2.75) is 136 Å². The van der Waals surface area contributed by atoms with Crippen molar-refractivity contribution in [3.8, 4) is 0 Å². The van der Waals surface area contributed by atoms with Crippen LogP contribution < -0.4 is 5.73 Å². The molecule has 4 aliphatic heterocycles. The summed E-state index contributed by atoms with van der Waals surface area (Å²) in [7, 11) is 0. The summed E-state index contributed by atoms with van der Waals surface area (Å²) in [6.07, 6.45) is -33.0. The number of rotatable bonds is 15. The van der Waals surface area contributed by atoms with Crippen LogP contribution in [0.25, 0.3) is 0 Å². The quantitative estimate of drug-likeness (QED) is 0.0694. The van der Waals surface area contributed by atoms with E-state index in [1.807, 2.05) is 0 Å². The van der Waals surface area contributed by atoms with Gasteiger partial charge < -0.3 is 110 Å². The smallest absolute Gasteiger partial charge is 0.187 e. The summed E-state index contributed by atoms with van der Waals surface area (Å²) in [6.45, 7) is -2.75. The van der Waals surface area contributed by atoms with Crippen molar-refractivity contribution in [3.05, 3.63) is 0 Å². The highest BCUT2D eigenvalue weighted by Gasteiger charge is 2.55. The third kappa shape index (κ3) is 9.07. The van der Waals surface area contributed by atoms with Crippen molar-refractivity contribution in [1.82, 2.24) is 0 Å². The minimum atomic E-state index is -2.02. The first kappa shape index (κ1) is 41.9. The second-order valence-corrected chi connectivity index (χ2v) is 12.5. The molecule has 0 amide bonds. The summed E-state index contributed by atoms with van der Waals surface area (Å²) in [5.74, 6) is 0. The Kier molecular flexibility index (Phi) is 15.9. The molecule has 0 spiro atoms. The molecule has 0 aliphatic carbocycles. The second kappa shape index (κ2) is 18.9. The standard InChI is InChI=1S/C28H51NO21/c29-3-1-2-4-43-25-19(40)15(36)22(10(6-31)45-25)49-27-21(42)17(38)24(12(8-33)47-27)50-28-20(41)16(37)23(11(7-32)46-28)48-26-18(39)14(35)13(34)9(5-30)44-26/h9-28,30-42H,1-8,29H2/t9?,10?,11?,12?,13-,14?,15?,16-,17-,18+,19+,20?,21?,22-,23-,24+,25-,26+,27-,28-/m1/s1. The molecule has 50 heavy (non-hydrogen) atoms. The Morgan fingerprint density at radius 1 is 0.400 bits per heavy atom. The van der Waals surface area contributed by atoms with Gasteiger partial charge in [0, 0.05) is 6.61 Å². The normalized spacial score (nSPS) is 48.8. The van der Waals surface area contributed by atoms with Crippen LogP contribution in [-0.2, 0) is 37.9 Å². The molecule has 22 heteroatoms. The highest BCUT2D eigenvalue weighted by molar-refractivity contribution is 4.97. The van der Waals surface area contributed by atoms with E-state index in [0.717, 1.165) is 0 Å². The van der Waals surface area contributed by atoms with E-state index in [0.29, 0.717) is 19.4 Å². The maximum Gasteiger partial charge on any atom is 0.187 e. The molecule has 0 radical (unpaired) electrons. The fraction of sp³-hybridized carbons (Fsp3) is 1.00. The molecule has 4 aliphatic rings. The minimum Gasteiger partial charge on any atom is -0.394 e. The van der Waals surface area contributed by atoms with Gasteiger partial charge in [0.1, 0.15) is 97.7 Å². The van der Waals surface area contributed by atoms with Crippen LogP contribution in [0.15, 0.2) is 0 Å². The molecule has 0 bridgehead atoms. The monoisotopic (exact) mass is 737 g/mol. The van der Waals surface area contributed by atoms with E-state index in [1.54, 1.807) is 0 Å². The first-order valence-corrected chi connectivity index (χ1v) is 16.3. The average Bonchev–Trinajstić information content (AvgIpc) is 3.11. The first-order valence-electron chi connectivity index (χ1n) is 16.3. The van der Waals surface area contributed by atoms with E-state index in [1.165, 1.54) is 0 Å². The Balaban J connectivity index is 1.40. The zero-order chi connectivity index (χ0) is 36.9. The van der Waals surface area contributed by atoms with Crippen LogP contribution in [0.1, 0.15) is 12.8 Å². The zero-order valence-electron chi connectivity index (χ0n) is 26.9. The van der Waals surface area contributed by atoms with Gasteiger partial charge in [-0.3, -0.25) is 0 Å². The van der Waals surface area contributed by atoms with Crippen LogP contribution in [0.3, 0.4) is 0 Å². The molecule has 20 atom stereocenters. The predicted molar refractivity (Wildman–Crippen MR) is 156 cm³/mol. The molecule has 22 nitrogen and oxygen atoms in total. The third-order valence-corrected chi connectivity index (χ3v) is 9.06. The Morgan fingerprint density at radius 3 is 1.12 bits per heavy atom. The van der Waals surface area contributed by atoms with E-state index in [-0.39, 0.29) is 6.61 Å². The maximum atomic E-state index is 11.0. The van der Waals surface area contributed by atoms with Gasteiger partial charge in [0.15, 0.2) is 25.2 Å². The number of hydrogen-bond donors (Lipinski definition) is 14. The van der Waals surface area contributed by atoms with Crippen molar-refractivity contribution < 1.29 is 104 Å². The highest BCUT2D eigenvalue weighted by Crippen LogP contribution is 2.34. The van der Waals surface area contributed by atoms with Crippen LogP contribution in [0.2, 0.25) is 0 Å². The number of aliphatic hydroxyl groups is 13. The fourth-order valence-corrected chi connectivity index (χ4v) is 6.11. The first-order chi connectivity index (χ1) is 23.8. The third-order valence-electron chi connectivity index (χ3n) is 9.06. The molecule has 0 aromatic heterocycles. The summed E-state index contributed by atoms with van der Waals surface area (Å²) < 4.78 is 44.2. The molecule has 0 aromatic rings. The zero-order valence-corrected chi connectivity index (χ0v) is 26.9.